The summed E-state index contributed by atoms with van der Waals surface area (Å²) in [6.07, 6.45) is 0. The second-order valence-corrected chi connectivity index (χ2v) is 7.34. The normalized spacial score (nSPS) is 15.4. The number of esters is 1. The molecule has 2 heterocycles. The summed E-state index contributed by atoms with van der Waals surface area (Å²) in [5, 5.41) is 3.27. The van der Waals surface area contributed by atoms with Crippen LogP contribution < -0.4 is 10.1 Å². The number of carbonyl (C=O) groups excluding carboxylic acids is 1. The van der Waals surface area contributed by atoms with Crippen LogP contribution in [0.4, 0.5) is 5.95 Å². The molecule has 1 aliphatic rings. The molecule has 0 radical (unpaired) electrons. The molecule has 31 heavy (non-hydrogen) atoms. The smallest absolute Gasteiger partial charge is 0.337 e. The van der Waals surface area contributed by atoms with Crippen LogP contribution >= 0.6 is 0 Å². The van der Waals surface area contributed by atoms with Gasteiger partial charge in [-0.25, -0.2) is 9.78 Å². The van der Waals surface area contributed by atoms with E-state index in [1.807, 2.05) is 90.4 Å². The average molecular weight is 411 g/mol. The van der Waals surface area contributed by atoms with Gasteiger partial charge in [0, 0.05) is 5.70 Å². The number of carbonyl (C=O) groups is 1. The molecular weight excluding hydrogens is 390 g/mol. The van der Waals surface area contributed by atoms with Crippen LogP contribution in [0.5, 0.6) is 11.5 Å². The van der Waals surface area contributed by atoms with E-state index in [1.165, 1.54) is 7.11 Å². The lowest BCUT2D eigenvalue weighted by molar-refractivity contribution is -0.136. The number of nitrogens with zero attached hydrogens (tertiary/aromatic N) is 2. The van der Waals surface area contributed by atoms with Gasteiger partial charge in [0.1, 0.15) is 11.5 Å². The second-order valence-electron chi connectivity index (χ2n) is 7.34. The molecule has 0 fully saturated rings. The van der Waals surface area contributed by atoms with Gasteiger partial charge in [0.15, 0.2) is 0 Å². The van der Waals surface area contributed by atoms with E-state index in [9.17, 15) is 4.79 Å². The number of benzene rings is 3. The molecule has 1 aromatic heterocycles. The second kappa shape index (κ2) is 7.65. The summed E-state index contributed by atoms with van der Waals surface area (Å²) < 4.78 is 13.2. The summed E-state index contributed by atoms with van der Waals surface area (Å²) in [6.45, 7) is 1.87. The molecule has 0 saturated heterocycles. The van der Waals surface area contributed by atoms with Gasteiger partial charge < -0.3 is 14.8 Å². The number of para-hydroxylation sites is 3. The third-order valence-electron chi connectivity index (χ3n) is 5.39. The van der Waals surface area contributed by atoms with Crippen LogP contribution in [0, 0.1) is 0 Å². The monoisotopic (exact) mass is 411 g/mol. The first-order valence-electron chi connectivity index (χ1n) is 10.0. The van der Waals surface area contributed by atoms with Crippen molar-refractivity contribution in [2.45, 2.75) is 13.0 Å². The minimum Gasteiger partial charge on any atom is -0.466 e. The molecule has 0 aliphatic carbocycles. The standard InChI is InChI=1S/C25H21N3O3/c1-16-22(24(29)30-2)23(28-21-14-7-6-13-20(21)27-25(28)26-16)17-9-8-12-19(15-17)31-18-10-4-3-5-11-18/h3-15,23H,1-2H3,(H,26,27)/t23-/m1/s1. The molecule has 0 spiro atoms. The first kappa shape index (κ1) is 18.9. The Labute approximate surface area is 179 Å². The summed E-state index contributed by atoms with van der Waals surface area (Å²) in [5.74, 6) is 1.74. The van der Waals surface area contributed by atoms with Gasteiger partial charge in [0.2, 0.25) is 5.95 Å². The lowest BCUT2D eigenvalue weighted by atomic mass is 9.95. The van der Waals surface area contributed by atoms with Gasteiger partial charge in [-0.3, -0.25) is 4.57 Å². The molecule has 1 aliphatic heterocycles. The number of ether oxygens (including phenoxy) is 2. The predicted octanol–water partition coefficient (Wildman–Crippen LogP) is 5.29. The molecule has 6 heteroatoms. The van der Waals surface area contributed by atoms with Crippen molar-refractivity contribution in [3.63, 3.8) is 0 Å². The first-order chi connectivity index (χ1) is 15.2. The van der Waals surface area contributed by atoms with Gasteiger partial charge in [-0.2, -0.15) is 0 Å². The van der Waals surface area contributed by atoms with E-state index in [0.717, 1.165) is 22.3 Å². The zero-order valence-electron chi connectivity index (χ0n) is 17.2. The summed E-state index contributed by atoms with van der Waals surface area (Å²) in [7, 11) is 1.40. The quantitative estimate of drug-likeness (QED) is 0.462. The summed E-state index contributed by atoms with van der Waals surface area (Å²) in [6, 6.07) is 24.9. The van der Waals surface area contributed by atoms with E-state index in [4.69, 9.17) is 14.5 Å². The van der Waals surface area contributed by atoms with Crippen LogP contribution in [0.1, 0.15) is 18.5 Å². The third kappa shape index (κ3) is 3.32. The minimum absolute atomic E-state index is 0.382. The van der Waals surface area contributed by atoms with E-state index >= 15 is 0 Å². The zero-order chi connectivity index (χ0) is 21.4. The molecule has 5 rings (SSSR count). The third-order valence-corrected chi connectivity index (χ3v) is 5.39. The Morgan fingerprint density at radius 1 is 0.968 bits per heavy atom. The summed E-state index contributed by atoms with van der Waals surface area (Å²) >= 11 is 0. The van der Waals surface area contributed by atoms with Crippen LogP contribution in [-0.2, 0) is 9.53 Å². The lowest BCUT2D eigenvalue weighted by Gasteiger charge is -2.30. The summed E-state index contributed by atoms with van der Waals surface area (Å²) in [5.41, 5.74) is 3.94. The van der Waals surface area contributed by atoms with Crippen molar-refractivity contribution in [3.05, 3.63) is 95.7 Å². The molecule has 1 atom stereocenters. The molecular formula is C25H21N3O3. The fourth-order valence-electron chi connectivity index (χ4n) is 4.03. The number of nitrogens with one attached hydrogen (secondary N) is 1. The average Bonchev–Trinajstić information content (AvgIpc) is 3.16. The van der Waals surface area contributed by atoms with E-state index in [-0.39, 0.29) is 5.97 Å². The van der Waals surface area contributed by atoms with Crippen molar-refractivity contribution in [2.75, 3.05) is 12.4 Å². The van der Waals surface area contributed by atoms with Gasteiger partial charge in [0.25, 0.3) is 0 Å². The van der Waals surface area contributed by atoms with Crippen LogP contribution in [0.2, 0.25) is 0 Å². The Morgan fingerprint density at radius 2 is 1.71 bits per heavy atom. The fourth-order valence-corrected chi connectivity index (χ4v) is 4.03. The maximum atomic E-state index is 12.8. The van der Waals surface area contributed by atoms with E-state index in [2.05, 4.69) is 5.32 Å². The number of hydrogen-bond donors (Lipinski definition) is 1. The Kier molecular flexibility index (Phi) is 4.67. The Morgan fingerprint density at radius 3 is 2.52 bits per heavy atom. The Hall–Kier alpha value is -4.06. The maximum Gasteiger partial charge on any atom is 0.337 e. The first-order valence-corrected chi connectivity index (χ1v) is 10.0. The molecule has 1 N–H and O–H groups in total. The number of allylic oxidation sites excluding steroid dienone is 1. The number of imidazole rings is 1. The molecule has 4 aromatic rings. The highest BCUT2D eigenvalue weighted by atomic mass is 16.5. The highest BCUT2D eigenvalue weighted by Gasteiger charge is 2.34. The highest BCUT2D eigenvalue weighted by Crippen LogP contribution is 2.40. The van der Waals surface area contributed by atoms with Crippen molar-refractivity contribution in [2.24, 2.45) is 0 Å². The lowest BCUT2D eigenvalue weighted by Crippen LogP contribution is -2.28. The van der Waals surface area contributed by atoms with Crippen molar-refractivity contribution < 1.29 is 14.3 Å². The van der Waals surface area contributed by atoms with E-state index in [0.29, 0.717) is 23.0 Å². The van der Waals surface area contributed by atoms with Gasteiger partial charge in [-0.05, 0) is 48.9 Å². The predicted molar refractivity (Wildman–Crippen MR) is 119 cm³/mol. The van der Waals surface area contributed by atoms with Crippen molar-refractivity contribution in [1.82, 2.24) is 9.55 Å². The van der Waals surface area contributed by atoms with Crippen LogP contribution in [0.25, 0.3) is 11.0 Å². The van der Waals surface area contributed by atoms with E-state index in [1.54, 1.807) is 0 Å². The Balaban J connectivity index is 1.67. The Bertz CT molecular complexity index is 1310. The summed E-state index contributed by atoms with van der Waals surface area (Å²) in [4.78, 5) is 17.5. The highest BCUT2D eigenvalue weighted by molar-refractivity contribution is 5.94. The van der Waals surface area contributed by atoms with Crippen molar-refractivity contribution >= 4 is 23.0 Å². The van der Waals surface area contributed by atoms with Gasteiger partial charge in [0.05, 0.1) is 29.8 Å². The fraction of sp³-hybridized carbons (Fsp3) is 0.120. The number of methoxy groups -OCH3 is 1. The minimum atomic E-state index is -0.407. The zero-order valence-corrected chi connectivity index (χ0v) is 17.2. The molecule has 0 bridgehead atoms. The largest absolute Gasteiger partial charge is 0.466 e. The molecule has 154 valence electrons. The number of aromatic nitrogens is 2. The van der Waals surface area contributed by atoms with Gasteiger partial charge in [-0.15, -0.1) is 0 Å². The molecule has 0 amide bonds. The molecule has 6 nitrogen and oxygen atoms in total. The van der Waals surface area contributed by atoms with Crippen LogP contribution in [0.3, 0.4) is 0 Å². The van der Waals surface area contributed by atoms with Gasteiger partial charge >= 0.3 is 5.97 Å². The van der Waals surface area contributed by atoms with Crippen LogP contribution in [-0.4, -0.2) is 22.6 Å². The molecule has 0 saturated carbocycles. The molecule has 3 aromatic carbocycles. The number of rotatable bonds is 4. The van der Waals surface area contributed by atoms with Crippen molar-refractivity contribution in [1.29, 1.82) is 0 Å². The topological polar surface area (TPSA) is 65.4 Å². The maximum absolute atomic E-state index is 12.8. The van der Waals surface area contributed by atoms with Crippen molar-refractivity contribution in [3.8, 4) is 11.5 Å². The van der Waals surface area contributed by atoms with Crippen LogP contribution in [0.15, 0.2) is 90.1 Å². The number of fused-ring (bicyclic) bond motifs is 3. The SMILES string of the molecule is COC(=O)C1=C(C)Nc2nc3ccccc3n2[C@@H]1c1cccc(Oc2ccccc2)c1. The number of hydrogen-bond acceptors (Lipinski definition) is 5. The van der Waals surface area contributed by atoms with Gasteiger partial charge in [-0.1, -0.05) is 42.5 Å². The van der Waals surface area contributed by atoms with E-state index < -0.39 is 6.04 Å². The molecule has 0 unspecified atom stereocenters. The number of anilines is 1.